The standard InChI is InChI=1S/C21H14F3N3O2S/c22-14-4-2-1-3-13(14)18-10-25-20(29-18)8-7-19(28)27-21-26-17(11-30-21)12-5-6-15(23)16(24)9-12/h1-6,9-11H,7-8H2,(H,26,27,28). The summed E-state index contributed by atoms with van der Waals surface area (Å²) in [5, 5.41) is 4.62. The lowest BCUT2D eigenvalue weighted by Gasteiger charge is -2.01. The first-order chi connectivity index (χ1) is 14.5. The fourth-order valence-electron chi connectivity index (χ4n) is 2.73. The van der Waals surface area contributed by atoms with Gasteiger partial charge < -0.3 is 9.73 Å². The highest BCUT2D eigenvalue weighted by Gasteiger charge is 2.13. The van der Waals surface area contributed by atoms with E-state index in [-0.39, 0.29) is 18.7 Å². The summed E-state index contributed by atoms with van der Waals surface area (Å²) in [6.45, 7) is 0. The molecule has 2 aromatic carbocycles. The first-order valence-corrected chi connectivity index (χ1v) is 9.78. The number of carbonyl (C=O) groups excluding carboxylic acids is 1. The summed E-state index contributed by atoms with van der Waals surface area (Å²) in [6.07, 6.45) is 1.72. The van der Waals surface area contributed by atoms with E-state index in [9.17, 15) is 18.0 Å². The van der Waals surface area contributed by atoms with E-state index in [0.717, 1.165) is 12.1 Å². The first kappa shape index (κ1) is 19.8. The van der Waals surface area contributed by atoms with E-state index >= 15 is 0 Å². The summed E-state index contributed by atoms with van der Waals surface area (Å²) in [5.74, 6) is -2.03. The van der Waals surface area contributed by atoms with Crippen LogP contribution < -0.4 is 5.32 Å². The summed E-state index contributed by atoms with van der Waals surface area (Å²) in [7, 11) is 0. The molecule has 0 saturated carbocycles. The largest absolute Gasteiger partial charge is 0.441 e. The van der Waals surface area contributed by atoms with Gasteiger partial charge in [0.2, 0.25) is 5.91 Å². The van der Waals surface area contributed by atoms with E-state index in [2.05, 4.69) is 15.3 Å². The number of hydrogen-bond acceptors (Lipinski definition) is 5. The monoisotopic (exact) mass is 429 g/mol. The van der Waals surface area contributed by atoms with Crippen molar-refractivity contribution >= 4 is 22.4 Å². The molecule has 0 radical (unpaired) electrons. The van der Waals surface area contributed by atoms with Gasteiger partial charge in [-0.05, 0) is 30.3 Å². The predicted octanol–water partition coefficient (Wildman–Crippen LogP) is 5.45. The van der Waals surface area contributed by atoms with Gasteiger partial charge in [0.15, 0.2) is 28.4 Å². The molecule has 4 aromatic rings. The molecule has 4 rings (SSSR count). The Morgan fingerprint density at radius 1 is 1.07 bits per heavy atom. The number of nitrogens with one attached hydrogen (secondary N) is 1. The fraction of sp³-hybridized carbons (Fsp3) is 0.0952. The van der Waals surface area contributed by atoms with Crippen LogP contribution in [0.2, 0.25) is 0 Å². The molecule has 0 aliphatic carbocycles. The van der Waals surface area contributed by atoms with Crippen molar-refractivity contribution in [2.24, 2.45) is 0 Å². The summed E-state index contributed by atoms with van der Waals surface area (Å²) in [4.78, 5) is 20.5. The van der Waals surface area contributed by atoms with Crippen LogP contribution in [0, 0.1) is 17.5 Å². The molecule has 9 heteroatoms. The molecule has 0 unspecified atom stereocenters. The topological polar surface area (TPSA) is 68.0 Å². The van der Waals surface area contributed by atoms with Crippen LogP contribution in [0.25, 0.3) is 22.6 Å². The van der Waals surface area contributed by atoms with Gasteiger partial charge in [0.25, 0.3) is 0 Å². The third-order valence-corrected chi connectivity index (χ3v) is 4.98. The van der Waals surface area contributed by atoms with Crippen molar-refractivity contribution in [3.8, 4) is 22.6 Å². The number of benzene rings is 2. The number of thiazole rings is 1. The molecule has 0 bridgehead atoms. The molecule has 1 N–H and O–H groups in total. The van der Waals surface area contributed by atoms with Crippen molar-refractivity contribution in [1.29, 1.82) is 0 Å². The van der Waals surface area contributed by atoms with Crippen molar-refractivity contribution in [2.45, 2.75) is 12.8 Å². The molecule has 0 aliphatic rings. The Morgan fingerprint density at radius 2 is 1.90 bits per heavy atom. The highest BCUT2D eigenvalue weighted by atomic mass is 32.1. The van der Waals surface area contributed by atoms with Crippen LogP contribution in [0.15, 0.2) is 58.5 Å². The van der Waals surface area contributed by atoms with E-state index in [1.54, 1.807) is 23.6 Å². The molecule has 0 spiro atoms. The molecule has 1 amide bonds. The zero-order chi connectivity index (χ0) is 21.1. The minimum Gasteiger partial charge on any atom is -0.441 e. The Kier molecular flexibility index (Phi) is 5.62. The van der Waals surface area contributed by atoms with Gasteiger partial charge >= 0.3 is 0 Å². The Morgan fingerprint density at radius 3 is 2.70 bits per heavy atom. The van der Waals surface area contributed by atoms with Crippen LogP contribution in [0.5, 0.6) is 0 Å². The molecule has 0 fully saturated rings. The SMILES string of the molecule is O=C(CCc1ncc(-c2ccccc2F)o1)Nc1nc(-c2ccc(F)c(F)c2)cs1. The quantitative estimate of drug-likeness (QED) is 0.442. The number of aromatic nitrogens is 2. The molecule has 0 atom stereocenters. The van der Waals surface area contributed by atoms with Gasteiger partial charge in [-0.3, -0.25) is 4.79 Å². The van der Waals surface area contributed by atoms with Crippen molar-refractivity contribution in [2.75, 3.05) is 5.32 Å². The van der Waals surface area contributed by atoms with Gasteiger partial charge in [-0.15, -0.1) is 11.3 Å². The number of halogens is 3. The summed E-state index contributed by atoms with van der Waals surface area (Å²) in [6, 6.07) is 9.66. The molecule has 2 heterocycles. The van der Waals surface area contributed by atoms with E-state index < -0.39 is 17.5 Å². The van der Waals surface area contributed by atoms with Crippen molar-refractivity contribution < 1.29 is 22.4 Å². The lowest BCUT2D eigenvalue weighted by molar-refractivity contribution is -0.116. The summed E-state index contributed by atoms with van der Waals surface area (Å²) in [5.41, 5.74) is 1.13. The maximum Gasteiger partial charge on any atom is 0.226 e. The number of oxazole rings is 1. The van der Waals surface area contributed by atoms with Gasteiger partial charge in [-0.25, -0.2) is 23.1 Å². The van der Waals surface area contributed by atoms with Crippen LogP contribution in [-0.4, -0.2) is 15.9 Å². The molecule has 30 heavy (non-hydrogen) atoms. The lowest BCUT2D eigenvalue weighted by atomic mass is 10.2. The van der Waals surface area contributed by atoms with Gasteiger partial charge in [-0.1, -0.05) is 12.1 Å². The maximum absolute atomic E-state index is 13.8. The zero-order valence-corrected chi connectivity index (χ0v) is 16.2. The fourth-order valence-corrected chi connectivity index (χ4v) is 3.47. The van der Waals surface area contributed by atoms with E-state index in [1.165, 1.54) is 29.7 Å². The molecule has 152 valence electrons. The van der Waals surface area contributed by atoms with Crippen molar-refractivity contribution in [1.82, 2.24) is 9.97 Å². The second kappa shape index (κ2) is 8.50. The Bertz CT molecular complexity index is 1210. The molecule has 2 aromatic heterocycles. The number of rotatable bonds is 6. The number of nitrogens with zero attached hydrogens (tertiary/aromatic N) is 2. The average Bonchev–Trinajstić information content (AvgIpc) is 3.39. The Labute approximate surface area is 173 Å². The van der Waals surface area contributed by atoms with Crippen LogP contribution >= 0.6 is 11.3 Å². The smallest absolute Gasteiger partial charge is 0.226 e. The van der Waals surface area contributed by atoms with Gasteiger partial charge in [0, 0.05) is 23.8 Å². The zero-order valence-electron chi connectivity index (χ0n) is 15.4. The maximum atomic E-state index is 13.8. The number of anilines is 1. The number of hydrogen-bond donors (Lipinski definition) is 1. The molecular weight excluding hydrogens is 415 g/mol. The van der Waals surface area contributed by atoms with E-state index in [1.807, 2.05) is 0 Å². The first-order valence-electron chi connectivity index (χ1n) is 8.90. The Balaban J connectivity index is 1.35. The van der Waals surface area contributed by atoms with Crippen LogP contribution in [0.1, 0.15) is 12.3 Å². The van der Waals surface area contributed by atoms with Crippen LogP contribution in [-0.2, 0) is 11.2 Å². The average molecular weight is 429 g/mol. The van der Waals surface area contributed by atoms with Gasteiger partial charge in [-0.2, -0.15) is 0 Å². The highest BCUT2D eigenvalue weighted by Crippen LogP contribution is 2.27. The third kappa shape index (κ3) is 4.41. The summed E-state index contributed by atoms with van der Waals surface area (Å²) < 4.78 is 45.8. The van der Waals surface area contributed by atoms with Gasteiger partial charge in [0.05, 0.1) is 17.5 Å². The number of carbonyl (C=O) groups is 1. The molecule has 0 aliphatic heterocycles. The van der Waals surface area contributed by atoms with Crippen molar-refractivity contribution in [3.05, 3.63) is 77.4 Å². The number of amides is 1. The normalized spacial score (nSPS) is 10.9. The molecule has 0 saturated heterocycles. The molecular formula is C21H14F3N3O2S. The highest BCUT2D eigenvalue weighted by molar-refractivity contribution is 7.14. The Hall–Kier alpha value is -3.46. The van der Waals surface area contributed by atoms with Crippen LogP contribution in [0.4, 0.5) is 18.3 Å². The second-order valence-corrected chi connectivity index (χ2v) is 7.17. The predicted molar refractivity (Wildman–Crippen MR) is 106 cm³/mol. The number of aryl methyl sites for hydroxylation is 1. The molecule has 5 nitrogen and oxygen atoms in total. The van der Waals surface area contributed by atoms with E-state index in [4.69, 9.17) is 4.42 Å². The minimum atomic E-state index is -0.966. The minimum absolute atomic E-state index is 0.0807. The van der Waals surface area contributed by atoms with Crippen LogP contribution in [0.3, 0.4) is 0 Å². The van der Waals surface area contributed by atoms with Crippen molar-refractivity contribution in [3.63, 3.8) is 0 Å². The second-order valence-electron chi connectivity index (χ2n) is 6.31. The van der Waals surface area contributed by atoms with E-state index in [0.29, 0.717) is 33.6 Å². The van der Waals surface area contributed by atoms with Gasteiger partial charge in [0.1, 0.15) is 5.82 Å². The third-order valence-electron chi connectivity index (χ3n) is 4.22. The summed E-state index contributed by atoms with van der Waals surface area (Å²) >= 11 is 1.17. The lowest BCUT2D eigenvalue weighted by Crippen LogP contribution is -2.12.